The molecule has 0 atom stereocenters. The summed E-state index contributed by atoms with van der Waals surface area (Å²) in [5, 5.41) is 2.27. The third-order valence-electron chi connectivity index (χ3n) is 5.19. The van der Waals surface area contributed by atoms with E-state index in [1.165, 1.54) is 6.08 Å². The summed E-state index contributed by atoms with van der Waals surface area (Å²) in [5.74, 6) is -0.738. The Morgan fingerprint density at radius 3 is 2.26 bits per heavy atom. The molecule has 0 radical (unpaired) electrons. The van der Waals surface area contributed by atoms with Crippen LogP contribution in [0.4, 0.5) is 10.5 Å². The SMILES string of the molecule is Cc1cc(C)cc(N2C(=O)NC(=O)/C(=C\c3cc(Br)c(OCc4ccc(I)cc4)c(I)c3)C2=O)c1. The van der Waals surface area contributed by atoms with E-state index < -0.39 is 17.8 Å². The second-order valence-corrected chi connectivity index (χ2v) is 11.3. The maximum absolute atomic E-state index is 13.2. The number of carbonyl (C=O) groups is 3. The Bertz CT molecular complexity index is 1340. The van der Waals surface area contributed by atoms with Gasteiger partial charge in [0, 0.05) is 3.57 Å². The summed E-state index contributed by atoms with van der Waals surface area (Å²) in [7, 11) is 0. The second kappa shape index (κ2) is 10.8. The van der Waals surface area contributed by atoms with Crippen LogP contribution >= 0.6 is 61.1 Å². The number of halogens is 3. The van der Waals surface area contributed by atoms with Crippen molar-refractivity contribution < 1.29 is 19.1 Å². The number of hydrogen-bond donors (Lipinski definition) is 1. The van der Waals surface area contributed by atoms with Gasteiger partial charge in [0.2, 0.25) is 0 Å². The highest BCUT2D eigenvalue weighted by molar-refractivity contribution is 14.1. The number of carbonyl (C=O) groups excluding carboxylic acids is 3. The maximum Gasteiger partial charge on any atom is 0.335 e. The van der Waals surface area contributed by atoms with E-state index >= 15 is 0 Å². The van der Waals surface area contributed by atoms with Gasteiger partial charge in [-0.3, -0.25) is 14.9 Å². The normalized spacial score (nSPS) is 14.9. The van der Waals surface area contributed by atoms with Crippen LogP contribution in [0.25, 0.3) is 6.08 Å². The Hall–Kier alpha value is -2.25. The van der Waals surface area contributed by atoms with Crippen LogP contribution in [0, 0.1) is 21.0 Å². The highest BCUT2D eigenvalue weighted by Crippen LogP contribution is 2.34. The number of urea groups is 1. The van der Waals surface area contributed by atoms with Crippen LogP contribution in [-0.4, -0.2) is 17.8 Å². The summed E-state index contributed by atoms with van der Waals surface area (Å²) >= 11 is 7.95. The van der Waals surface area contributed by atoms with Gasteiger partial charge in [0.05, 0.1) is 13.7 Å². The highest BCUT2D eigenvalue weighted by Gasteiger charge is 2.37. The number of benzene rings is 3. The molecule has 0 aliphatic carbocycles. The lowest BCUT2D eigenvalue weighted by Gasteiger charge is -2.27. The summed E-state index contributed by atoms with van der Waals surface area (Å²) in [4.78, 5) is 39.3. The summed E-state index contributed by atoms with van der Waals surface area (Å²) in [6, 6.07) is 16.3. The summed E-state index contributed by atoms with van der Waals surface area (Å²) in [6.45, 7) is 4.17. The Morgan fingerprint density at radius 2 is 1.63 bits per heavy atom. The number of rotatable bonds is 5. The zero-order chi connectivity index (χ0) is 25.3. The minimum Gasteiger partial charge on any atom is -0.487 e. The number of aryl methyl sites for hydroxylation is 2. The number of imide groups is 2. The van der Waals surface area contributed by atoms with E-state index in [-0.39, 0.29) is 5.57 Å². The molecule has 6 nitrogen and oxygen atoms in total. The van der Waals surface area contributed by atoms with Crippen molar-refractivity contribution in [2.24, 2.45) is 0 Å². The third-order valence-corrected chi connectivity index (χ3v) is 7.30. The first-order valence-electron chi connectivity index (χ1n) is 10.5. The van der Waals surface area contributed by atoms with Crippen LogP contribution in [0.15, 0.2) is 64.6 Å². The van der Waals surface area contributed by atoms with Gasteiger partial charge in [-0.05, 0) is 140 Å². The fraction of sp³-hybridized carbons (Fsp3) is 0.115. The first kappa shape index (κ1) is 25.8. The van der Waals surface area contributed by atoms with Crippen LogP contribution in [-0.2, 0) is 16.2 Å². The molecule has 1 aliphatic rings. The van der Waals surface area contributed by atoms with Gasteiger partial charge >= 0.3 is 6.03 Å². The Kier molecular flexibility index (Phi) is 7.96. The number of ether oxygens (including phenoxy) is 1. The smallest absolute Gasteiger partial charge is 0.335 e. The van der Waals surface area contributed by atoms with Crippen LogP contribution in [0.3, 0.4) is 0 Å². The molecule has 1 fully saturated rings. The predicted octanol–water partition coefficient (Wildman–Crippen LogP) is 6.52. The van der Waals surface area contributed by atoms with Gasteiger partial charge in [-0.15, -0.1) is 0 Å². The van der Waals surface area contributed by atoms with Crippen molar-refractivity contribution in [1.82, 2.24) is 5.32 Å². The predicted molar refractivity (Wildman–Crippen MR) is 155 cm³/mol. The quantitative estimate of drug-likeness (QED) is 0.183. The molecule has 9 heteroatoms. The van der Waals surface area contributed by atoms with Gasteiger partial charge in [-0.25, -0.2) is 9.69 Å². The molecule has 4 rings (SSSR count). The van der Waals surface area contributed by atoms with E-state index in [4.69, 9.17) is 4.74 Å². The fourth-order valence-corrected chi connectivity index (χ4v) is 5.80. The fourth-order valence-electron chi connectivity index (χ4n) is 3.68. The lowest BCUT2D eigenvalue weighted by molar-refractivity contribution is -0.122. The van der Waals surface area contributed by atoms with Gasteiger partial charge in [0.15, 0.2) is 0 Å². The molecule has 0 saturated carbocycles. The molecule has 0 spiro atoms. The number of anilines is 1. The van der Waals surface area contributed by atoms with Crippen LogP contribution < -0.4 is 15.0 Å². The second-order valence-electron chi connectivity index (χ2n) is 8.03. The molecule has 4 amide bonds. The number of barbiturate groups is 1. The molecule has 0 unspecified atom stereocenters. The van der Waals surface area contributed by atoms with Gasteiger partial charge < -0.3 is 4.74 Å². The zero-order valence-corrected chi connectivity index (χ0v) is 24.6. The van der Waals surface area contributed by atoms with Crippen molar-refractivity contribution in [3.8, 4) is 5.75 Å². The first-order valence-corrected chi connectivity index (χ1v) is 13.4. The molecule has 178 valence electrons. The molecule has 1 heterocycles. The standard InChI is InChI=1S/C26H19BrI2N2O4/c1-14-7-15(2)9-19(8-14)31-25(33)20(24(32)30-26(31)34)10-17-11-21(27)23(22(29)12-17)35-13-16-3-5-18(28)6-4-16/h3-12H,13H2,1-2H3,(H,30,32,34)/b20-10+. The molecule has 3 aromatic carbocycles. The van der Waals surface area contributed by atoms with Gasteiger partial charge in [-0.2, -0.15) is 0 Å². The summed E-state index contributed by atoms with van der Waals surface area (Å²) in [6.07, 6.45) is 1.48. The molecule has 0 aromatic heterocycles. The average molecular weight is 757 g/mol. The van der Waals surface area contributed by atoms with E-state index in [1.807, 2.05) is 50.2 Å². The van der Waals surface area contributed by atoms with Crippen molar-refractivity contribution in [1.29, 1.82) is 0 Å². The van der Waals surface area contributed by atoms with E-state index in [2.05, 4.69) is 66.4 Å². The molecular formula is C26H19BrI2N2O4. The van der Waals surface area contributed by atoms with E-state index in [9.17, 15) is 14.4 Å². The number of hydrogen-bond acceptors (Lipinski definition) is 4. The Morgan fingerprint density at radius 1 is 0.971 bits per heavy atom. The van der Waals surface area contributed by atoms with Crippen molar-refractivity contribution in [2.45, 2.75) is 20.5 Å². The molecular weight excluding hydrogens is 738 g/mol. The number of nitrogens with zero attached hydrogens (tertiary/aromatic N) is 1. The first-order chi connectivity index (χ1) is 16.6. The Labute approximate surface area is 238 Å². The van der Waals surface area contributed by atoms with Crippen LogP contribution in [0.2, 0.25) is 0 Å². The van der Waals surface area contributed by atoms with Gasteiger partial charge in [0.25, 0.3) is 11.8 Å². The monoisotopic (exact) mass is 756 g/mol. The average Bonchev–Trinajstić information content (AvgIpc) is 2.76. The van der Waals surface area contributed by atoms with Gasteiger partial charge in [-0.1, -0.05) is 18.2 Å². The molecule has 1 aliphatic heterocycles. The van der Waals surface area contributed by atoms with E-state index in [0.29, 0.717) is 28.1 Å². The Balaban J connectivity index is 1.62. The lowest BCUT2D eigenvalue weighted by Crippen LogP contribution is -2.54. The van der Waals surface area contributed by atoms with Crippen molar-refractivity contribution in [2.75, 3.05) is 4.90 Å². The minimum absolute atomic E-state index is 0.126. The summed E-state index contributed by atoms with van der Waals surface area (Å²) in [5.41, 5.74) is 3.76. The number of amides is 4. The highest BCUT2D eigenvalue weighted by atomic mass is 127. The third kappa shape index (κ3) is 5.95. The van der Waals surface area contributed by atoms with Gasteiger partial charge in [0.1, 0.15) is 17.9 Å². The maximum atomic E-state index is 13.2. The zero-order valence-electron chi connectivity index (χ0n) is 18.7. The molecule has 3 aromatic rings. The molecule has 0 bridgehead atoms. The van der Waals surface area contributed by atoms with Crippen LogP contribution in [0.5, 0.6) is 5.75 Å². The van der Waals surface area contributed by atoms with Crippen molar-refractivity contribution in [3.63, 3.8) is 0 Å². The topological polar surface area (TPSA) is 75.7 Å². The largest absolute Gasteiger partial charge is 0.487 e. The van der Waals surface area contributed by atoms with E-state index in [1.54, 1.807) is 18.2 Å². The van der Waals surface area contributed by atoms with Crippen molar-refractivity contribution in [3.05, 3.63) is 94.0 Å². The summed E-state index contributed by atoms with van der Waals surface area (Å²) < 4.78 is 8.66. The molecule has 35 heavy (non-hydrogen) atoms. The molecule has 1 saturated heterocycles. The van der Waals surface area contributed by atoms with Crippen LogP contribution in [0.1, 0.15) is 22.3 Å². The van der Waals surface area contributed by atoms with E-state index in [0.717, 1.165) is 28.7 Å². The number of nitrogens with one attached hydrogen (secondary N) is 1. The van der Waals surface area contributed by atoms with Crippen molar-refractivity contribution >= 4 is 90.7 Å². The minimum atomic E-state index is -0.766. The lowest BCUT2D eigenvalue weighted by atomic mass is 10.1. The molecule has 1 N–H and O–H groups in total.